The molecule has 0 aliphatic heterocycles. The molecule has 2 heterocycles. The molecule has 106 valence electrons. The summed E-state index contributed by atoms with van der Waals surface area (Å²) in [5.41, 5.74) is 0.188. The summed E-state index contributed by atoms with van der Waals surface area (Å²) in [7, 11) is 1.31. The molecule has 1 atom stereocenters. The molecule has 0 fully saturated rings. The summed E-state index contributed by atoms with van der Waals surface area (Å²) in [5, 5.41) is 4.20. The van der Waals surface area contributed by atoms with Crippen molar-refractivity contribution in [3.8, 4) is 0 Å². The van der Waals surface area contributed by atoms with Crippen molar-refractivity contribution in [3.05, 3.63) is 34.2 Å². The van der Waals surface area contributed by atoms with E-state index in [1.54, 1.807) is 11.3 Å². The quantitative estimate of drug-likeness (QED) is 0.853. The Balaban J connectivity index is 2.04. The van der Waals surface area contributed by atoms with Crippen molar-refractivity contribution >= 4 is 23.1 Å². The highest BCUT2D eigenvalue weighted by molar-refractivity contribution is 7.11. The van der Waals surface area contributed by atoms with E-state index < -0.39 is 5.97 Å². The number of aromatic nitrogens is 3. The minimum atomic E-state index is -0.496. The lowest BCUT2D eigenvalue weighted by Crippen LogP contribution is -2.10. The van der Waals surface area contributed by atoms with Crippen LogP contribution in [-0.4, -0.2) is 28.0 Å². The molecule has 2 rings (SSSR count). The number of hydrogen-bond donors (Lipinski definition) is 1. The molecular formula is C13H16N4O2S. The summed E-state index contributed by atoms with van der Waals surface area (Å²) in [6.45, 7) is 4.11. The van der Waals surface area contributed by atoms with Gasteiger partial charge in [0, 0.05) is 11.1 Å². The summed E-state index contributed by atoms with van der Waals surface area (Å²) in [5.74, 6) is 0.100. The number of aryl methyl sites for hydroxylation is 1. The number of methoxy groups -OCH3 is 1. The fourth-order valence-corrected chi connectivity index (χ4v) is 2.44. The van der Waals surface area contributed by atoms with E-state index in [9.17, 15) is 4.79 Å². The molecule has 20 heavy (non-hydrogen) atoms. The number of thiazole rings is 1. The number of nitrogens with one attached hydrogen (secondary N) is 1. The van der Waals surface area contributed by atoms with Crippen LogP contribution in [0.3, 0.4) is 0 Å². The Hall–Kier alpha value is -2.02. The molecule has 0 amide bonds. The predicted molar refractivity (Wildman–Crippen MR) is 76.9 cm³/mol. The first kappa shape index (κ1) is 14.4. The zero-order valence-electron chi connectivity index (χ0n) is 11.6. The number of rotatable bonds is 5. The van der Waals surface area contributed by atoms with Gasteiger partial charge in [-0.2, -0.15) is 0 Å². The highest BCUT2D eigenvalue weighted by Crippen LogP contribution is 2.22. The molecule has 0 aromatic carbocycles. The first-order valence-corrected chi connectivity index (χ1v) is 7.07. The van der Waals surface area contributed by atoms with Gasteiger partial charge in [0.05, 0.1) is 25.5 Å². The Labute approximate surface area is 121 Å². The Bertz CT molecular complexity index is 582. The average Bonchev–Trinajstić information content (AvgIpc) is 2.96. The van der Waals surface area contributed by atoms with E-state index in [-0.39, 0.29) is 11.7 Å². The normalized spacial score (nSPS) is 11.9. The van der Waals surface area contributed by atoms with Gasteiger partial charge >= 0.3 is 5.97 Å². The fourth-order valence-electron chi connectivity index (χ4n) is 1.58. The highest BCUT2D eigenvalue weighted by Gasteiger charge is 2.12. The molecule has 2 aromatic heterocycles. The highest BCUT2D eigenvalue weighted by atomic mass is 32.1. The molecular weight excluding hydrogens is 276 g/mol. The van der Waals surface area contributed by atoms with E-state index >= 15 is 0 Å². The van der Waals surface area contributed by atoms with Gasteiger partial charge in [-0.25, -0.2) is 19.7 Å². The maximum absolute atomic E-state index is 11.3. The van der Waals surface area contributed by atoms with Crippen LogP contribution in [0.5, 0.6) is 0 Å². The van der Waals surface area contributed by atoms with E-state index in [1.807, 2.05) is 13.1 Å². The second kappa shape index (κ2) is 6.42. The van der Waals surface area contributed by atoms with E-state index in [0.29, 0.717) is 5.82 Å². The molecule has 0 spiro atoms. The summed E-state index contributed by atoms with van der Waals surface area (Å²) >= 11 is 1.68. The molecule has 6 nitrogen and oxygen atoms in total. The van der Waals surface area contributed by atoms with E-state index in [0.717, 1.165) is 11.4 Å². The van der Waals surface area contributed by atoms with Gasteiger partial charge in [-0.05, 0) is 13.3 Å². The molecule has 0 aliphatic rings. The van der Waals surface area contributed by atoms with Gasteiger partial charge in [0.15, 0.2) is 5.69 Å². The van der Waals surface area contributed by atoms with Crippen molar-refractivity contribution in [1.29, 1.82) is 0 Å². The van der Waals surface area contributed by atoms with Crippen LogP contribution in [0.25, 0.3) is 0 Å². The first-order valence-electron chi connectivity index (χ1n) is 6.25. The predicted octanol–water partition coefficient (Wildman–Crippen LogP) is 2.46. The monoisotopic (exact) mass is 292 g/mol. The van der Waals surface area contributed by atoms with Crippen molar-refractivity contribution in [2.24, 2.45) is 0 Å². The minimum absolute atomic E-state index is 0.0403. The Morgan fingerprint density at radius 3 is 2.70 bits per heavy atom. The lowest BCUT2D eigenvalue weighted by molar-refractivity contribution is 0.0593. The van der Waals surface area contributed by atoms with Gasteiger partial charge in [-0.1, -0.05) is 6.92 Å². The van der Waals surface area contributed by atoms with E-state index in [4.69, 9.17) is 0 Å². The molecule has 7 heteroatoms. The second-order valence-corrected chi connectivity index (χ2v) is 5.31. The third-order valence-corrected chi connectivity index (χ3v) is 4.03. The molecule has 1 N–H and O–H groups in total. The Morgan fingerprint density at radius 1 is 1.35 bits per heavy atom. The first-order chi connectivity index (χ1) is 9.63. The number of nitrogens with zero attached hydrogens (tertiary/aromatic N) is 3. The summed E-state index contributed by atoms with van der Waals surface area (Å²) in [6, 6.07) is 0.0403. The van der Waals surface area contributed by atoms with Crippen LogP contribution in [0.2, 0.25) is 0 Å². The SMILES string of the molecule is CCc1cnc(C(C)Nc2cnc(C(=O)OC)cn2)s1. The molecule has 0 saturated carbocycles. The molecule has 0 radical (unpaired) electrons. The van der Waals surface area contributed by atoms with Gasteiger partial charge < -0.3 is 10.1 Å². The van der Waals surface area contributed by atoms with Gasteiger partial charge in [0.1, 0.15) is 10.8 Å². The third kappa shape index (κ3) is 3.30. The zero-order valence-corrected chi connectivity index (χ0v) is 12.4. The van der Waals surface area contributed by atoms with Crippen LogP contribution in [0.1, 0.15) is 40.3 Å². The lowest BCUT2D eigenvalue weighted by Gasteiger charge is -2.11. The van der Waals surface area contributed by atoms with Crippen LogP contribution in [0, 0.1) is 0 Å². The zero-order chi connectivity index (χ0) is 14.5. The molecule has 2 aromatic rings. The largest absolute Gasteiger partial charge is 0.464 e. The van der Waals surface area contributed by atoms with Crippen molar-refractivity contribution in [1.82, 2.24) is 15.0 Å². The standard InChI is InChI=1S/C13H16N4O2S/c1-4-9-5-16-12(20-9)8(2)17-11-7-14-10(6-15-11)13(18)19-3/h5-8H,4H2,1-3H3,(H,15,17). The summed E-state index contributed by atoms with van der Waals surface area (Å²) in [6.07, 6.45) is 5.78. The number of carbonyl (C=O) groups excluding carboxylic acids is 1. The summed E-state index contributed by atoms with van der Waals surface area (Å²) < 4.78 is 4.57. The topological polar surface area (TPSA) is 77.0 Å². The molecule has 0 aliphatic carbocycles. The Morgan fingerprint density at radius 2 is 2.15 bits per heavy atom. The van der Waals surface area contributed by atoms with Crippen LogP contribution < -0.4 is 5.32 Å². The number of esters is 1. The number of hydrogen-bond acceptors (Lipinski definition) is 7. The lowest BCUT2D eigenvalue weighted by atomic mass is 10.3. The van der Waals surface area contributed by atoms with Crippen molar-refractivity contribution in [2.45, 2.75) is 26.3 Å². The van der Waals surface area contributed by atoms with Crippen molar-refractivity contribution in [2.75, 3.05) is 12.4 Å². The van der Waals surface area contributed by atoms with Crippen LogP contribution in [0.4, 0.5) is 5.82 Å². The fraction of sp³-hybridized carbons (Fsp3) is 0.385. The molecule has 0 bridgehead atoms. The van der Waals surface area contributed by atoms with E-state index in [2.05, 4.69) is 31.9 Å². The average molecular weight is 292 g/mol. The molecule has 1 unspecified atom stereocenters. The van der Waals surface area contributed by atoms with Gasteiger partial charge in [0.2, 0.25) is 0 Å². The van der Waals surface area contributed by atoms with Gasteiger partial charge in [0.25, 0.3) is 0 Å². The maximum Gasteiger partial charge on any atom is 0.358 e. The smallest absolute Gasteiger partial charge is 0.358 e. The second-order valence-electron chi connectivity index (χ2n) is 4.16. The van der Waals surface area contributed by atoms with Crippen LogP contribution in [-0.2, 0) is 11.2 Å². The third-order valence-electron chi connectivity index (χ3n) is 2.70. The molecule has 0 saturated heterocycles. The maximum atomic E-state index is 11.3. The van der Waals surface area contributed by atoms with Crippen LogP contribution in [0.15, 0.2) is 18.6 Å². The Kier molecular flexibility index (Phi) is 4.62. The minimum Gasteiger partial charge on any atom is -0.464 e. The number of anilines is 1. The van der Waals surface area contributed by atoms with Crippen LogP contribution >= 0.6 is 11.3 Å². The van der Waals surface area contributed by atoms with Gasteiger partial charge in [-0.3, -0.25) is 0 Å². The van der Waals surface area contributed by atoms with E-state index in [1.165, 1.54) is 24.4 Å². The van der Waals surface area contributed by atoms with Crippen molar-refractivity contribution in [3.63, 3.8) is 0 Å². The van der Waals surface area contributed by atoms with Gasteiger partial charge in [-0.15, -0.1) is 11.3 Å². The summed E-state index contributed by atoms with van der Waals surface area (Å²) in [4.78, 5) is 25.0. The van der Waals surface area contributed by atoms with Crippen molar-refractivity contribution < 1.29 is 9.53 Å². The number of ether oxygens (including phenoxy) is 1. The number of carbonyl (C=O) groups is 1.